The normalized spacial score (nSPS) is 19.4. The van der Waals surface area contributed by atoms with E-state index < -0.39 is 15.9 Å². The fraction of sp³-hybridized carbons (Fsp3) is 0.440. The Morgan fingerprint density at radius 1 is 1.21 bits per heavy atom. The van der Waals surface area contributed by atoms with Crippen LogP contribution in [0.5, 0.6) is 5.75 Å². The number of ether oxygens (including phenoxy) is 1. The number of fused-ring (bicyclic) bond motifs is 1. The van der Waals surface area contributed by atoms with E-state index in [1.165, 1.54) is 11.2 Å². The SMILES string of the molecule is Cc1cn(-c2ccc(OC3CCN(C(=O)O)C(C(C)(C)C)C3)cn2)c2ccc(S(C)(=O)=O)cc12. The third-order valence-electron chi connectivity index (χ3n) is 6.47. The molecule has 2 aromatic heterocycles. The van der Waals surface area contributed by atoms with Gasteiger partial charge in [-0.2, -0.15) is 0 Å². The highest BCUT2D eigenvalue weighted by Crippen LogP contribution is 2.34. The molecule has 1 amide bonds. The summed E-state index contributed by atoms with van der Waals surface area (Å²) in [5.74, 6) is 1.34. The second-order valence-corrected chi connectivity index (χ2v) is 12.1. The van der Waals surface area contributed by atoms with Crippen LogP contribution in [0.2, 0.25) is 0 Å². The Morgan fingerprint density at radius 3 is 2.53 bits per heavy atom. The zero-order chi connectivity index (χ0) is 24.8. The molecule has 0 saturated carbocycles. The van der Waals surface area contributed by atoms with E-state index in [9.17, 15) is 18.3 Å². The van der Waals surface area contributed by atoms with Gasteiger partial charge in [-0.3, -0.25) is 0 Å². The van der Waals surface area contributed by atoms with E-state index in [0.717, 1.165) is 16.5 Å². The smallest absolute Gasteiger partial charge is 0.407 e. The summed E-state index contributed by atoms with van der Waals surface area (Å²) in [6.07, 6.45) is 5.10. The van der Waals surface area contributed by atoms with Crippen molar-refractivity contribution in [2.75, 3.05) is 12.8 Å². The Balaban J connectivity index is 1.54. The van der Waals surface area contributed by atoms with Crippen molar-refractivity contribution < 1.29 is 23.1 Å². The summed E-state index contributed by atoms with van der Waals surface area (Å²) in [4.78, 5) is 18.0. The standard InChI is InChI=1S/C25H31N3O5S/c1-16-15-28(21-8-7-19(13-20(16)21)34(5,31)32)23-9-6-18(14-26-23)33-17-10-11-27(24(29)30)22(12-17)25(2,3)4/h6-9,13-15,17,22H,10-12H2,1-5H3,(H,29,30). The van der Waals surface area contributed by atoms with Crippen molar-refractivity contribution in [2.45, 2.75) is 57.6 Å². The Hall–Kier alpha value is -3.07. The first kappa shape index (κ1) is 24.1. The highest BCUT2D eigenvalue weighted by atomic mass is 32.2. The van der Waals surface area contributed by atoms with Crippen LogP contribution < -0.4 is 4.74 Å². The van der Waals surface area contributed by atoms with Gasteiger partial charge in [-0.05, 0) is 48.2 Å². The molecule has 1 aliphatic rings. The number of hydrogen-bond donors (Lipinski definition) is 1. The number of sulfone groups is 1. The van der Waals surface area contributed by atoms with Crippen molar-refractivity contribution in [3.8, 4) is 11.6 Å². The molecular formula is C25H31N3O5S. The quantitative estimate of drug-likeness (QED) is 0.576. The van der Waals surface area contributed by atoms with Crippen LogP contribution in [0, 0.1) is 12.3 Å². The zero-order valence-electron chi connectivity index (χ0n) is 20.1. The van der Waals surface area contributed by atoms with E-state index in [1.54, 1.807) is 24.4 Å². The molecule has 9 heteroatoms. The molecule has 3 heterocycles. The summed E-state index contributed by atoms with van der Waals surface area (Å²) in [6.45, 7) is 8.53. The number of amides is 1. The number of pyridine rings is 1. The topological polar surface area (TPSA) is 102 Å². The van der Waals surface area contributed by atoms with Crippen molar-refractivity contribution in [3.63, 3.8) is 0 Å². The Kier molecular flexibility index (Phi) is 6.10. The lowest BCUT2D eigenvalue weighted by Gasteiger charge is -2.44. The first-order chi connectivity index (χ1) is 15.8. The Morgan fingerprint density at radius 2 is 1.94 bits per heavy atom. The first-order valence-corrected chi connectivity index (χ1v) is 13.2. The van der Waals surface area contributed by atoms with E-state index >= 15 is 0 Å². The minimum Gasteiger partial charge on any atom is -0.489 e. The number of nitrogens with zero attached hydrogens (tertiary/aromatic N) is 3. The van der Waals surface area contributed by atoms with Crippen LogP contribution in [0.15, 0.2) is 47.6 Å². The summed E-state index contributed by atoms with van der Waals surface area (Å²) in [5.41, 5.74) is 1.65. The van der Waals surface area contributed by atoms with Gasteiger partial charge in [0.25, 0.3) is 0 Å². The van der Waals surface area contributed by atoms with Crippen LogP contribution in [-0.4, -0.2) is 59.0 Å². The van der Waals surface area contributed by atoms with Crippen LogP contribution in [0.3, 0.4) is 0 Å². The summed E-state index contributed by atoms with van der Waals surface area (Å²) in [7, 11) is -3.28. The summed E-state index contributed by atoms with van der Waals surface area (Å²) >= 11 is 0. The van der Waals surface area contributed by atoms with Crippen molar-refractivity contribution in [1.82, 2.24) is 14.5 Å². The molecule has 8 nitrogen and oxygen atoms in total. The molecule has 2 unspecified atom stereocenters. The molecule has 0 radical (unpaired) electrons. The molecule has 3 aromatic rings. The van der Waals surface area contributed by atoms with Crippen LogP contribution in [0.25, 0.3) is 16.7 Å². The molecule has 1 fully saturated rings. The summed E-state index contributed by atoms with van der Waals surface area (Å²) in [6, 6.07) is 8.72. The number of piperidine rings is 1. The number of carboxylic acid groups (broad SMARTS) is 1. The van der Waals surface area contributed by atoms with Gasteiger partial charge >= 0.3 is 6.09 Å². The number of likely N-dealkylation sites (tertiary alicyclic amines) is 1. The van der Waals surface area contributed by atoms with Gasteiger partial charge in [0.15, 0.2) is 9.84 Å². The Bertz CT molecular complexity index is 1320. The molecule has 1 aliphatic heterocycles. The molecule has 1 N–H and O–H groups in total. The van der Waals surface area contributed by atoms with Crippen molar-refractivity contribution in [1.29, 1.82) is 0 Å². The largest absolute Gasteiger partial charge is 0.489 e. The summed E-state index contributed by atoms with van der Waals surface area (Å²) < 4.78 is 32.0. The number of rotatable bonds is 4. The molecule has 1 aromatic carbocycles. The fourth-order valence-corrected chi connectivity index (χ4v) is 5.31. The molecular weight excluding hydrogens is 454 g/mol. The second kappa shape index (κ2) is 8.61. The minimum absolute atomic E-state index is 0.0865. The fourth-order valence-electron chi connectivity index (χ4n) is 4.66. The van der Waals surface area contributed by atoms with Gasteiger partial charge < -0.3 is 19.3 Å². The van der Waals surface area contributed by atoms with Crippen LogP contribution in [-0.2, 0) is 9.84 Å². The lowest BCUT2D eigenvalue weighted by atomic mass is 9.80. The van der Waals surface area contributed by atoms with Gasteiger partial charge in [0, 0.05) is 43.3 Å². The van der Waals surface area contributed by atoms with E-state index in [2.05, 4.69) is 25.8 Å². The lowest BCUT2D eigenvalue weighted by molar-refractivity contribution is 0.0129. The van der Waals surface area contributed by atoms with E-state index in [1.807, 2.05) is 29.8 Å². The number of carbonyl (C=O) groups is 1. The van der Waals surface area contributed by atoms with E-state index in [0.29, 0.717) is 35.8 Å². The molecule has 0 bridgehead atoms. The molecule has 0 aliphatic carbocycles. The van der Waals surface area contributed by atoms with Gasteiger partial charge in [-0.1, -0.05) is 20.8 Å². The average molecular weight is 486 g/mol. The van der Waals surface area contributed by atoms with Crippen molar-refractivity contribution >= 4 is 26.8 Å². The average Bonchev–Trinajstić information content (AvgIpc) is 3.09. The highest BCUT2D eigenvalue weighted by Gasteiger charge is 2.39. The van der Waals surface area contributed by atoms with Gasteiger partial charge in [0.05, 0.1) is 16.6 Å². The molecule has 0 spiro atoms. The third-order valence-corrected chi connectivity index (χ3v) is 7.58. The summed E-state index contributed by atoms with van der Waals surface area (Å²) in [5, 5.41) is 10.4. The Labute approximate surface area is 200 Å². The first-order valence-electron chi connectivity index (χ1n) is 11.3. The third kappa shape index (κ3) is 4.75. The maximum Gasteiger partial charge on any atom is 0.407 e. The molecule has 1 saturated heterocycles. The van der Waals surface area contributed by atoms with Crippen LogP contribution >= 0.6 is 0 Å². The molecule has 2 atom stereocenters. The van der Waals surface area contributed by atoms with Crippen LogP contribution in [0.4, 0.5) is 4.79 Å². The maximum atomic E-state index is 11.9. The predicted octanol–water partition coefficient (Wildman–Crippen LogP) is 4.67. The van der Waals surface area contributed by atoms with Crippen molar-refractivity contribution in [3.05, 3.63) is 48.3 Å². The van der Waals surface area contributed by atoms with Gasteiger partial charge in [0.2, 0.25) is 0 Å². The van der Waals surface area contributed by atoms with Gasteiger partial charge in [0.1, 0.15) is 17.7 Å². The highest BCUT2D eigenvalue weighted by molar-refractivity contribution is 7.90. The van der Waals surface area contributed by atoms with Gasteiger partial charge in [-0.25, -0.2) is 18.2 Å². The number of aromatic nitrogens is 2. The second-order valence-electron chi connectivity index (χ2n) is 10.1. The van der Waals surface area contributed by atoms with E-state index in [4.69, 9.17) is 4.74 Å². The maximum absolute atomic E-state index is 11.9. The lowest BCUT2D eigenvalue weighted by Crippen LogP contribution is -2.53. The number of benzene rings is 1. The molecule has 4 rings (SSSR count). The number of hydrogen-bond acceptors (Lipinski definition) is 5. The molecule has 34 heavy (non-hydrogen) atoms. The molecule has 182 valence electrons. The van der Waals surface area contributed by atoms with Gasteiger partial charge in [-0.15, -0.1) is 0 Å². The number of aryl methyl sites for hydroxylation is 1. The monoisotopic (exact) mass is 485 g/mol. The predicted molar refractivity (Wildman–Crippen MR) is 131 cm³/mol. The van der Waals surface area contributed by atoms with Crippen molar-refractivity contribution in [2.24, 2.45) is 5.41 Å². The minimum atomic E-state index is -3.28. The van der Waals surface area contributed by atoms with Crippen LogP contribution in [0.1, 0.15) is 39.2 Å². The zero-order valence-corrected chi connectivity index (χ0v) is 21.0. The van der Waals surface area contributed by atoms with E-state index in [-0.39, 0.29) is 17.6 Å².